The number of halogens is 1. The number of pyridine rings is 1. The summed E-state index contributed by atoms with van der Waals surface area (Å²) in [6.07, 6.45) is 2.23. The van der Waals surface area contributed by atoms with Crippen LogP contribution < -0.4 is 10.1 Å². The molecule has 1 fully saturated rings. The van der Waals surface area contributed by atoms with Crippen LogP contribution >= 0.6 is 0 Å². The first-order chi connectivity index (χ1) is 15.5. The Morgan fingerprint density at radius 3 is 2.84 bits per heavy atom. The van der Waals surface area contributed by atoms with Crippen LogP contribution in [0.5, 0.6) is 11.5 Å². The van der Waals surface area contributed by atoms with E-state index in [9.17, 15) is 9.18 Å². The van der Waals surface area contributed by atoms with E-state index in [0.29, 0.717) is 36.0 Å². The molecule has 1 saturated heterocycles. The number of anilines is 2. The molecule has 1 amide bonds. The Hall–Kier alpha value is -3.96. The van der Waals surface area contributed by atoms with Gasteiger partial charge in [-0.3, -0.25) is 9.78 Å². The number of carbonyl (C=O) groups excluding carboxylic acids is 1. The van der Waals surface area contributed by atoms with Crippen molar-refractivity contribution in [3.63, 3.8) is 0 Å². The number of nitrogens with one attached hydrogen (secondary N) is 1. The smallest absolute Gasteiger partial charge is 0.248 e. The molecule has 2 heterocycles. The molecule has 3 aromatic rings. The summed E-state index contributed by atoms with van der Waals surface area (Å²) in [5.74, 6) is 0.377. The van der Waals surface area contributed by atoms with Crippen molar-refractivity contribution in [1.82, 2.24) is 9.88 Å². The van der Waals surface area contributed by atoms with E-state index in [4.69, 9.17) is 16.0 Å². The van der Waals surface area contributed by atoms with Gasteiger partial charge in [-0.05, 0) is 36.2 Å². The number of hydrogen-bond donors (Lipinski definition) is 1. The topological polar surface area (TPSA) is 68.0 Å². The van der Waals surface area contributed by atoms with Crippen LogP contribution in [0.25, 0.3) is 4.85 Å². The fourth-order valence-corrected chi connectivity index (χ4v) is 3.37. The molecular weight excluding hydrogens is 411 g/mol. The van der Waals surface area contributed by atoms with Gasteiger partial charge in [-0.1, -0.05) is 24.3 Å². The van der Waals surface area contributed by atoms with Crippen molar-refractivity contribution < 1.29 is 18.7 Å². The Bertz CT molecular complexity index is 1160. The molecule has 0 saturated carbocycles. The van der Waals surface area contributed by atoms with Gasteiger partial charge in [0.05, 0.1) is 19.2 Å². The molecule has 1 unspecified atom stereocenters. The van der Waals surface area contributed by atoms with Crippen molar-refractivity contribution in [2.45, 2.75) is 12.5 Å². The van der Waals surface area contributed by atoms with E-state index in [1.807, 2.05) is 12.1 Å². The number of nitrogens with zero attached hydrogens (tertiary/aromatic N) is 3. The van der Waals surface area contributed by atoms with E-state index in [-0.39, 0.29) is 24.3 Å². The maximum atomic E-state index is 14.6. The molecule has 1 aromatic heterocycles. The molecular formula is C24H21FN4O3. The third kappa shape index (κ3) is 4.85. The molecule has 0 bridgehead atoms. The van der Waals surface area contributed by atoms with E-state index in [0.717, 1.165) is 5.56 Å². The summed E-state index contributed by atoms with van der Waals surface area (Å²) in [6, 6.07) is 15.1. The van der Waals surface area contributed by atoms with Gasteiger partial charge in [0.2, 0.25) is 11.6 Å². The minimum Gasteiger partial charge on any atom is -0.454 e. The molecule has 1 aliphatic rings. The third-order valence-corrected chi connectivity index (χ3v) is 5.20. The van der Waals surface area contributed by atoms with Gasteiger partial charge in [-0.15, -0.1) is 0 Å². The Kier molecular flexibility index (Phi) is 6.29. The molecule has 4 rings (SSSR count). The Morgan fingerprint density at radius 1 is 1.28 bits per heavy atom. The fraction of sp³-hybridized carbons (Fsp3) is 0.208. The van der Waals surface area contributed by atoms with E-state index >= 15 is 0 Å². The van der Waals surface area contributed by atoms with Crippen LogP contribution in [0.2, 0.25) is 0 Å². The molecule has 0 radical (unpaired) electrons. The number of likely N-dealkylation sites (N-methyl/N-ethyl adjacent to an activating group) is 1. The van der Waals surface area contributed by atoms with Gasteiger partial charge < -0.3 is 19.7 Å². The summed E-state index contributed by atoms with van der Waals surface area (Å²) < 4.78 is 25.6. The van der Waals surface area contributed by atoms with Crippen molar-refractivity contribution in [2.24, 2.45) is 0 Å². The summed E-state index contributed by atoms with van der Waals surface area (Å²) in [7, 11) is 1.78. The van der Waals surface area contributed by atoms with Gasteiger partial charge in [-0.25, -0.2) is 9.24 Å². The zero-order valence-electron chi connectivity index (χ0n) is 17.4. The zero-order chi connectivity index (χ0) is 22.5. The molecule has 2 aromatic carbocycles. The van der Waals surface area contributed by atoms with E-state index in [2.05, 4.69) is 15.1 Å². The van der Waals surface area contributed by atoms with Crippen molar-refractivity contribution in [3.8, 4) is 11.5 Å². The fourth-order valence-electron chi connectivity index (χ4n) is 3.37. The standard InChI is InChI=1S/C24H21FN4O3/c1-26-21-4-3-11-27-24(21)28-17-7-10-22(20(25)13-17)32-19-8-5-16(6-9-19)12-18-14-31-15-23(30)29(18)2/h3-11,13,18H,12,14-15H2,2H3,(H,27,28). The van der Waals surface area contributed by atoms with Crippen LogP contribution in [0.15, 0.2) is 60.8 Å². The summed E-state index contributed by atoms with van der Waals surface area (Å²) >= 11 is 0. The van der Waals surface area contributed by atoms with E-state index < -0.39 is 5.82 Å². The van der Waals surface area contributed by atoms with Crippen molar-refractivity contribution >= 4 is 23.1 Å². The largest absolute Gasteiger partial charge is 0.454 e. The lowest BCUT2D eigenvalue weighted by atomic mass is 10.0. The highest BCUT2D eigenvalue weighted by molar-refractivity contribution is 5.78. The van der Waals surface area contributed by atoms with Gasteiger partial charge in [0.15, 0.2) is 11.6 Å². The second kappa shape index (κ2) is 9.45. The van der Waals surface area contributed by atoms with Crippen LogP contribution in [0.3, 0.4) is 0 Å². The number of carbonyl (C=O) groups is 1. The van der Waals surface area contributed by atoms with Gasteiger partial charge in [0.1, 0.15) is 18.2 Å². The first kappa shape index (κ1) is 21.3. The highest BCUT2D eigenvalue weighted by Gasteiger charge is 2.25. The van der Waals surface area contributed by atoms with E-state index in [1.165, 1.54) is 12.1 Å². The minimum atomic E-state index is -0.543. The van der Waals surface area contributed by atoms with Gasteiger partial charge in [0.25, 0.3) is 0 Å². The summed E-state index contributed by atoms with van der Waals surface area (Å²) in [6.45, 7) is 7.81. The summed E-state index contributed by atoms with van der Waals surface area (Å²) in [5.41, 5.74) is 1.84. The predicted molar refractivity (Wildman–Crippen MR) is 118 cm³/mol. The summed E-state index contributed by atoms with van der Waals surface area (Å²) in [4.78, 5) is 21.0. The van der Waals surface area contributed by atoms with Crippen LogP contribution in [0, 0.1) is 12.4 Å². The second-order valence-corrected chi connectivity index (χ2v) is 7.38. The molecule has 1 N–H and O–H groups in total. The van der Waals surface area contributed by atoms with Crippen LogP contribution in [0.1, 0.15) is 5.56 Å². The summed E-state index contributed by atoms with van der Waals surface area (Å²) in [5, 5.41) is 2.95. The average Bonchev–Trinajstić information content (AvgIpc) is 2.80. The van der Waals surface area contributed by atoms with Crippen LogP contribution in [-0.4, -0.2) is 42.1 Å². The predicted octanol–water partition coefficient (Wildman–Crippen LogP) is 4.71. The lowest BCUT2D eigenvalue weighted by Crippen LogP contribution is -2.47. The lowest BCUT2D eigenvalue weighted by molar-refractivity contribution is -0.145. The number of morpholine rings is 1. The zero-order valence-corrected chi connectivity index (χ0v) is 17.4. The van der Waals surface area contributed by atoms with Crippen LogP contribution in [-0.2, 0) is 16.0 Å². The van der Waals surface area contributed by atoms with Crippen molar-refractivity contribution in [3.05, 3.63) is 83.6 Å². The number of benzene rings is 2. The van der Waals surface area contributed by atoms with Gasteiger partial charge in [0, 0.05) is 25.0 Å². The number of rotatable bonds is 6. The highest BCUT2D eigenvalue weighted by atomic mass is 19.1. The molecule has 8 heteroatoms. The van der Waals surface area contributed by atoms with Crippen LogP contribution in [0.4, 0.5) is 21.6 Å². The second-order valence-electron chi connectivity index (χ2n) is 7.38. The Labute approximate surface area is 185 Å². The molecule has 162 valence electrons. The molecule has 32 heavy (non-hydrogen) atoms. The maximum Gasteiger partial charge on any atom is 0.248 e. The lowest BCUT2D eigenvalue weighted by Gasteiger charge is -2.32. The van der Waals surface area contributed by atoms with Gasteiger partial charge in [-0.2, -0.15) is 0 Å². The third-order valence-electron chi connectivity index (χ3n) is 5.20. The Morgan fingerprint density at radius 2 is 2.09 bits per heavy atom. The molecule has 0 spiro atoms. The number of ether oxygens (including phenoxy) is 2. The quantitative estimate of drug-likeness (QED) is 0.572. The number of aromatic nitrogens is 1. The molecule has 0 aliphatic carbocycles. The normalized spacial score (nSPS) is 15.8. The van der Waals surface area contributed by atoms with E-state index in [1.54, 1.807) is 48.5 Å². The van der Waals surface area contributed by atoms with Gasteiger partial charge >= 0.3 is 0 Å². The Balaban J connectivity index is 1.41. The molecule has 1 atom stereocenters. The monoisotopic (exact) mass is 432 g/mol. The minimum absolute atomic E-state index is 0.0111. The molecule has 7 nitrogen and oxygen atoms in total. The average molecular weight is 432 g/mol. The number of hydrogen-bond acceptors (Lipinski definition) is 5. The van der Waals surface area contributed by atoms with Crippen molar-refractivity contribution in [2.75, 3.05) is 25.6 Å². The molecule has 1 aliphatic heterocycles. The number of amides is 1. The SMILES string of the molecule is [C-]#[N+]c1cccnc1Nc1ccc(Oc2ccc(CC3COCC(=O)N3C)cc2)c(F)c1. The first-order valence-corrected chi connectivity index (χ1v) is 10.0. The maximum absolute atomic E-state index is 14.6. The first-order valence-electron chi connectivity index (χ1n) is 10.0. The highest BCUT2D eigenvalue weighted by Crippen LogP contribution is 2.30. The van der Waals surface area contributed by atoms with Crippen molar-refractivity contribution in [1.29, 1.82) is 0 Å².